The van der Waals surface area contributed by atoms with E-state index >= 15 is 0 Å². The number of nitrogens with one attached hydrogen (secondary N) is 1. The molecule has 1 saturated heterocycles. The van der Waals surface area contributed by atoms with Crippen LogP contribution < -0.4 is 5.32 Å². The Morgan fingerprint density at radius 1 is 1.56 bits per heavy atom. The molecular weight excluding hydrogens is 202 g/mol. The Labute approximate surface area is 95.7 Å². The number of rotatable bonds is 3. The highest BCUT2D eigenvalue weighted by molar-refractivity contribution is 5.83. The summed E-state index contributed by atoms with van der Waals surface area (Å²) in [4.78, 5) is 17.8. The standard InChI is InChI=1S/C12H17N3O/c1-9(10-5-3-4-7-13-10)14-11-6-8-15(2)12(11)16/h3-5,7,9,11,14H,6,8H2,1-2H3. The molecule has 4 heteroatoms. The van der Waals surface area contributed by atoms with Gasteiger partial charge in [0, 0.05) is 25.8 Å². The van der Waals surface area contributed by atoms with Gasteiger partial charge in [-0.05, 0) is 25.5 Å². The second-order valence-electron chi connectivity index (χ2n) is 4.24. The number of hydrogen-bond acceptors (Lipinski definition) is 3. The van der Waals surface area contributed by atoms with Crippen molar-refractivity contribution in [3.05, 3.63) is 30.1 Å². The van der Waals surface area contributed by atoms with Crippen LogP contribution in [0.2, 0.25) is 0 Å². The minimum atomic E-state index is -0.0537. The van der Waals surface area contributed by atoms with E-state index in [1.807, 2.05) is 32.2 Å². The Morgan fingerprint density at radius 2 is 2.38 bits per heavy atom. The van der Waals surface area contributed by atoms with Gasteiger partial charge >= 0.3 is 0 Å². The van der Waals surface area contributed by atoms with Crippen molar-refractivity contribution < 1.29 is 4.79 Å². The lowest BCUT2D eigenvalue weighted by atomic mass is 10.1. The topological polar surface area (TPSA) is 45.2 Å². The number of aromatic nitrogens is 1. The summed E-state index contributed by atoms with van der Waals surface area (Å²) in [6.07, 6.45) is 2.66. The Balaban J connectivity index is 1.98. The van der Waals surface area contributed by atoms with Crippen LogP contribution in [0.5, 0.6) is 0 Å². The van der Waals surface area contributed by atoms with Crippen molar-refractivity contribution in [1.29, 1.82) is 0 Å². The number of likely N-dealkylation sites (tertiary alicyclic amines) is 1. The third-order valence-corrected chi connectivity index (χ3v) is 3.01. The molecule has 0 aliphatic carbocycles. The Hall–Kier alpha value is -1.42. The fourth-order valence-electron chi connectivity index (χ4n) is 2.00. The van der Waals surface area contributed by atoms with E-state index in [2.05, 4.69) is 10.3 Å². The predicted octanol–water partition coefficient (Wildman–Crippen LogP) is 0.963. The number of carbonyl (C=O) groups is 1. The maximum atomic E-state index is 11.7. The summed E-state index contributed by atoms with van der Waals surface area (Å²) in [5.41, 5.74) is 0.977. The molecule has 4 nitrogen and oxygen atoms in total. The summed E-state index contributed by atoms with van der Waals surface area (Å²) in [5.74, 6) is 0.183. The minimum absolute atomic E-state index is 0.0537. The van der Waals surface area contributed by atoms with E-state index in [0.29, 0.717) is 0 Å². The van der Waals surface area contributed by atoms with Gasteiger partial charge in [0.1, 0.15) is 0 Å². The van der Waals surface area contributed by atoms with E-state index in [9.17, 15) is 4.79 Å². The van der Waals surface area contributed by atoms with Gasteiger partial charge in [-0.15, -0.1) is 0 Å². The molecular formula is C12H17N3O. The van der Waals surface area contributed by atoms with Gasteiger partial charge in [-0.2, -0.15) is 0 Å². The van der Waals surface area contributed by atoms with Gasteiger partial charge in [-0.25, -0.2) is 0 Å². The van der Waals surface area contributed by atoms with Crippen molar-refractivity contribution in [2.24, 2.45) is 0 Å². The Bertz CT molecular complexity index is 366. The molecule has 1 fully saturated rings. The number of pyridine rings is 1. The van der Waals surface area contributed by atoms with Crippen molar-refractivity contribution in [1.82, 2.24) is 15.2 Å². The van der Waals surface area contributed by atoms with Crippen LogP contribution >= 0.6 is 0 Å². The van der Waals surface area contributed by atoms with Gasteiger partial charge in [0.15, 0.2) is 0 Å². The molecule has 1 aromatic rings. The predicted molar refractivity (Wildman–Crippen MR) is 61.8 cm³/mol. The van der Waals surface area contributed by atoms with Gasteiger partial charge < -0.3 is 4.90 Å². The van der Waals surface area contributed by atoms with Crippen molar-refractivity contribution in [2.75, 3.05) is 13.6 Å². The minimum Gasteiger partial charge on any atom is -0.344 e. The maximum absolute atomic E-state index is 11.7. The molecule has 0 saturated carbocycles. The van der Waals surface area contributed by atoms with Crippen LogP contribution in [0.4, 0.5) is 0 Å². The molecule has 0 aromatic carbocycles. The van der Waals surface area contributed by atoms with Crippen LogP contribution in [-0.4, -0.2) is 35.4 Å². The van der Waals surface area contributed by atoms with Crippen LogP contribution in [0.1, 0.15) is 25.1 Å². The molecule has 1 amide bonds. The van der Waals surface area contributed by atoms with E-state index in [1.54, 1.807) is 11.1 Å². The molecule has 2 atom stereocenters. The highest BCUT2D eigenvalue weighted by atomic mass is 16.2. The Morgan fingerprint density at radius 3 is 2.94 bits per heavy atom. The second-order valence-corrected chi connectivity index (χ2v) is 4.24. The van der Waals surface area contributed by atoms with Crippen molar-refractivity contribution in [3.63, 3.8) is 0 Å². The average Bonchev–Trinajstić information content (AvgIpc) is 2.62. The molecule has 16 heavy (non-hydrogen) atoms. The normalized spacial score (nSPS) is 22.5. The van der Waals surface area contributed by atoms with Crippen LogP contribution in [0, 0.1) is 0 Å². The van der Waals surface area contributed by atoms with Crippen molar-refractivity contribution >= 4 is 5.91 Å². The quantitative estimate of drug-likeness (QED) is 0.823. The first-order chi connectivity index (χ1) is 7.68. The van der Waals surface area contributed by atoms with Gasteiger partial charge in [-0.3, -0.25) is 15.1 Å². The molecule has 86 valence electrons. The lowest BCUT2D eigenvalue weighted by molar-refractivity contribution is -0.128. The zero-order valence-corrected chi connectivity index (χ0v) is 9.68. The molecule has 1 N–H and O–H groups in total. The molecule has 0 bridgehead atoms. The van der Waals surface area contributed by atoms with Gasteiger partial charge in [0.25, 0.3) is 0 Å². The number of nitrogens with zero attached hydrogens (tertiary/aromatic N) is 2. The first-order valence-electron chi connectivity index (χ1n) is 5.60. The van der Waals surface area contributed by atoms with E-state index < -0.39 is 0 Å². The second kappa shape index (κ2) is 4.61. The largest absolute Gasteiger partial charge is 0.344 e. The summed E-state index contributed by atoms with van der Waals surface area (Å²) in [6, 6.07) is 5.89. The molecule has 0 spiro atoms. The maximum Gasteiger partial charge on any atom is 0.239 e. The molecule has 2 rings (SSSR count). The van der Waals surface area contributed by atoms with Gasteiger partial charge in [0.05, 0.1) is 11.7 Å². The summed E-state index contributed by atoms with van der Waals surface area (Å²) >= 11 is 0. The number of amides is 1. The smallest absolute Gasteiger partial charge is 0.239 e. The summed E-state index contributed by atoms with van der Waals surface area (Å²) in [7, 11) is 1.84. The van der Waals surface area contributed by atoms with Crippen LogP contribution in [0.15, 0.2) is 24.4 Å². The summed E-state index contributed by atoms with van der Waals surface area (Å²) < 4.78 is 0. The fraction of sp³-hybridized carbons (Fsp3) is 0.500. The van der Waals surface area contributed by atoms with Crippen molar-refractivity contribution in [2.45, 2.75) is 25.4 Å². The molecule has 2 heterocycles. The summed E-state index contributed by atoms with van der Waals surface area (Å²) in [6.45, 7) is 2.87. The molecule has 1 aliphatic rings. The highest BCUT2D eigenvalue weighted by Crippen LogP contribution is 2.14. The molecule has 0 radical (unpaired) electrons. The van der Waals surface area contributed by atoms with E-state index in [4.69, 9.17) is 0 Å². The third-order valence-electron chi connectivity index (χ3n) is 3.01. The number of carbonyl (C=O) groups excluding carboxylic acids is 1. The summed E-state index contributed by atoms with van der Waals surface area (Å²) in [5, 5.41) is 3.32. The first kappa shape index (κ1) is 11.1. The van der Waals surface area contributed by atoms with Crippen molar-refractivity contribution in [3.8, 4) is 0 Å². The van der Waals surface area contributed by atoms with E-state index in [1.165, 1.54) is 0 Å². The Kier molecular flexibility index (Phi) is 3.19. The lowest BCUT2D eigenvalue weighted by Gasteiger charge is -2.17. The van der Waals surface area contributed by atoms with Gasteiger partial charge in [-0.1, -0.05) is 6.07 Å². The average molecular weight is 219 g/mol. The van der Waals surface area contributed by atoms with E-state index in [-0.39, 0.29) is 18.0 Å². The van der Waals surface area contributed by atoms with Gasteiger partial charge in [0.2, 0.25) is 5.91 Å². The third kappa shape index (κ3) is 2.22. The molecule has 1 aliphatic heterocycles. The van der Waals surface area contributed by atoms with Crippen LogP contribution in [-0.2, 0) is 4.79 Å². The highest BCUT2D eigenvalue weighted by Gasteiger charge is 2.29. The first-order valence-corrected chi connectivity index (χ1v) is 5.60. The van der Waals surface area contributed by atoms with E-state index in [0.717, 1.165) is 18.7 Å². The van der Waals surface area contributed by atoms with Crippen LogP contribution in [0.3, 0.4) is 0 Å². The zero-order valence-electron chi connectivity index (χ0n) is 9.68. The SMILES string of the molecule is CC(NC1CCN(C)C1=O)c1ccccn1. The molecule has 1 aromatic heterocycles. The zero-order chi connectivity index (χ0) is 11.5. The van der Waals surface area contributed by atoms with Crippen LogP contribution in [0.25, 0.3) is 0 Å². The number of likely N-dealkylation sites (N-methyl/N-ethyl adjacent to an activating group) is 1. The number of hydrogen-bond donors (Lipinski definition) is 1. The monoisotopic (exact) mass is 219 g/mol. The lowest BCUT2D eigenvalue weighted by Crippen LogP contribution is -2.38. The fourth-order valence-corrected chi connectivity index (χ4v) is 2.00. The molecule has 2 unspecified atom stereocenters.